The summed E-state index contributed by atoms with van der Waals surface area (Å²) in [6.45, 7) is 7.38. The van der Waals surface area contributed by atoms with Crippen molar-refractivity contribution in [2.75, 3.05) is 11.9 Å². The van der Waals surface area contributed by atoms with Crippen LogP contribution in [-0.4, -0.2) is 12.6 Å². The monoisotopic (exact) mass is 191 g/mol. The zero-order chi connectivity index (χ0) is 10.1. The molecule has 0 saturated carbocycles. The number of fused-ring (bicyclic) bond motifs is 1. The molecule has 76 valence electrons. The number of hydrogen-bond acceptors (Lipinski definition) is 2. The normalized spacial score (nSPS) is 19.9. The predicted molar refractivity (Wildman–Crippen MR) is 59.1 cm³/mol. The summed E-state index contributed by atoms with van der Waals surface area (Å²) in [5, 5.41) is 3.38. The van der Waals surface area contributed by atoms with Crippen LogP contribution in [0.1, 0.15) is 32.3 Å². The van der Waals surface area contributed by atoms with Gasteiger partial charge in [-0.3, -0.25) is 0 Å². The molecule has 0 aromatic heterocycles. The maximum Gasteiger partial charge on any atom is 0.142 e. The molecule has 0 amide bonds. The Balaban J connectivity index is 2.31. The molecule has 2 heteroatoms. The van der Waals surface area contributed by atoms with Crippen LogP contribution in [0.15, 0.2) is 18.2 Å². The summed E-state index contributed by atoms with van der Waals surface area (Å²) in [6, 6.07) is 6.39. The Labute approximate surface area is 85.3 Å². The molecule has 1 aromatic carbocycles. The fourth-order valence-electron chi connectivity index (χ4n) is 1.66. The van der Waals surface area contributed by atoms with E-state index in [2.05, 4.69) is 44.3 Å². The maximum atomic E-state index is 5.70. The van der Waals surface area contributed by atoms with Crippen LogP contribution in [0.25, 0.3) is 0 Å². The summed E-state index contributed by atoms with van der Waals surface area (Å²) >= 11 is 0. The molecule has 0 fully saturated rings. The number of nitrogens with one attached hydrogen (secondary N) is 1. The predicted octanol–water partition coefficient (Wildman–Crippen LogP) is 3.00. The third kappa shape index (κ3) is 1.69. The van der Waals surface area contributed by atoms with Crippen molar-refractivity contribution < 1.29 is 4.74 Å². The first-order valence-corrected chi connectivity index (χ1v) is 5.21. The van der Waals surface area contributed by atoms with Crippen molar-refractivity contribution in [1.29, 1.82) is 0 Å². The van der Waals surface area contributed by atoms with E-state index in [-0.39, 0.29) is 6.10 Å². The Kier molecular flexibility index (Phi) is 2.36. The lowest BCUT2D eigenvalue weighted by atomic mass is 10.0. The molecule has 1 N–H and O–H groups in total. The molecule has 0 bridgehead atoms. The lowest BCUT2D eigenvalue weighted by Gasteiger charge is -2.25. The quantitative estimate of drug-likeness (QED) is 0.736. The Morgan fingerprint density at radius 2 is 2.21 bits per heavy atom. The Bertz CT molecular complexity index is 333. The fourth-order valence-corrected chi connectivity index (χ4v) is 1.66. The first kappa shape index (κ1) is 9.38. The van der Waals surface area contributed by atoms with E-state index in [4.69, 9.17) is 4.74 Å². The highest BCUT2D eigenvalue weighted by Gasteiger charge is 2.15. The molecule has 1 unspecified atom stereocenters. The first-order chi connectivity index (χ1) is 6.66. The highest BCUT2D eigenvalue weighted by atomic mass is 16.5. The maximum absolute atomic E-state index is 5.70. The minimum absolute atomic E-state index is 0.271. The van der Waals surface area contributed by atoms with Crippen LogP contribution in [0.3, 0.4) is 0 Å². The van der Waals surface area contributed by atoms with Gasteiger partial charge in [-0.1, -0.05) is 19.9 Å². The van der Waals surface area contributed by atoms with E-state index in [1.807, 2.05) is 0 Å². The van der Waals surface area contributed by atoms with Gasteiger partial charge in [0.05, 0.1) is 12.2 Å². The molecule has 2 nitrogen and oxygen atoms in total. The lowest BCUT2D eigenvalue weighted by molar-refractivity contribution is 0.226. The van der Waals surface area contributed by atoms with E-state index in [1.54, 1.807) is 0 Å². The Morgan fingerprint density at radius 1 is 1.43 bits per heavy atom. The fraction of sp³-hybridized carbons (Fsp3) is 0.500. The van der Waals surface area contributed by atoms with Gasteiger partial charge < -0.3 is 10.1 Å². The average molecular weight is 191 g/mol. The van der Waals surface area contributed by atoms with Crippen molar-refractivity contribution in [3.8, 4) is 5.75 Å². The number of anilines is 1. The zero-order valence-corrected chi connectivity index (χ0v) is 9.00. The SMILES string of the molecule is CC1CNc2cc(C(C)C)ccc2O1. The van der Waals surface area contributed by atoms with Gasteiger partial charge in [0.1, 0.15) is 11.9 Å². The second-order valence-electron chi connectivity index (χ2n) is 4.22. The van der Waals surface area contributed by atoms with Crippen molar-refractivity contribution in [2.45, 2.75) is 32.8 Å². The van der Waals surface area contributed by atoms with Gasteiger partial charge in [-0.15, -0.1) is 0 Å². The van der Waals surface area contributed by atoms with Crippen LogP contribution in [0, 0.1) is 0 Å². The molecule has 1 aliphatic rings. The second kappa shape index (κ2) is 3.52. The van der Waals surface area contributed by atoms with Crippen LogP contribution in [0.2, 0.25) is 0 Å². The highest BCUT2D eigenvalue weighted by Crippen LogP contribution is 2.31. The van der Waals surface area contributed by atoms with E-state index >= 15 is 0 Å². The molecular formula is C12H17NO. The molecule has 0 radical (unpaired) electrons. The van der Waals surface area contributed by atoms with Crippen LogP contribution in [0.5, 0.6) is 5.75 Å². The summed E-state index contributed by atoms with van der Waals surface area (Å²) in [7, 11) is 0. The molecule has 1 atom stereocenters. The minimum atomic E-state index is 0.271. The summed E-state index contributed by atoms with van der Waals surface area (Å²) in [5.41, 5.74) is 2.49. The van der Waals surface area contributed by atoms with Gasteiger partial charge in [-0.05, 0) is 30.5 Å². The second-order valence-corrected chi connectivity index (χ2v) is 4.22. The summed E-state index contributed by atoms with van der Waals surface area (Å²) in [5.74, 6) is 1.55. The molecule has 1 aromatic rings. The number of benzene rings is 1. The molecule has 0 aliphatic carbocycles. The molecular weight excluding hydrogens is 174 g/mol. The van der Waals surface area contributed by atoms with Gasteiger partial charge in [0, 0.05) is 0 Å². The van der Waals surface area contributed by atoms with E-state index in [1.165, 1.54) is 5.56 Å². The Hall–Kier alpha value is -1.18. The average Bonchev–Trinajstić information content (AvgIpc) is 2.16. The smallest absolute Gasteiger partial charge is 0.142 e. The number of hydrogen-bond donors (Lipinski definition) is 1. The van der Waals surface area contributed by atoms with E-state index in [0.717, 1.165) is 18.0 Å². The van der Waals surface area contributed by atoms with Crippen molar-refractivity contribution in [3.63, 3.8) is 0 Å². The molecule has 2 rings (SSSR count). The summed E-state index contributed by atoms with van der Waals surface area (Å²) in [6.07, 6.45) is 0.271. The zero-order valence-electron chi connectivity index (χ0n) is 9.00. The summed E-state index contributed by atoms with van der Waals surface area (Å²) < 4.78 is 5.70. The van der Waals surface area contributed by atoms with E-state index in [9.17, 15) is 0 Å². The van der Waals surface area contributed by atoms with E-state index in [0.29, 0.717) is 5.92 Å². The highest BCUT2D eigenvalue weighted by molar-refractivity contribution is 5.59. The topological polar surface area (TPSA) is 21.3 Å². The summed E-state index contributed by atoms with van der Waals surface area (Å²) in [4.78, 5) is 0. The van der Waals surface area contributed by atoms with Crippen molar-refractivity contribution >= 4 is 5.69 Å². The van der Waals surface area contributed by atoms with Crippen molar-refractivity contribution in [3.05, 3.63) is 23.8 Å². The lowest BCUT2D eigenvalue weighted by Crippen LogP contribution is -2.27. The van der Waals surface area contributed by atoms with Crippen molar-refractivity contribution in [1.82, 2.24) is 0 Å². The molecule has 1 heterocycles. The van der Waals surface area contributed by atoms with Crippen LogP contribution >= 0.6 is 0 Å². The van der Waals surface area contributed by atoms with Gasteiger partial charge in [0.2, 0.25) is 0 Å². The molecule has 0 saturated heterocycles. The number of rotatable bonds is 1. The Morgan fingerprint density at radius 3 is 2.93 bits per heavy atom. The van der Waals surface area contributed by atoms with Gasteiger partial charge >= 0.3 is 0 Å². The number of ether oxygens (including phenoxy) is 1. The van der Waals surface area contributed by atoms with Crippen LogP contribution in [-0.2, 0) is 0 Å². The first-order valence-electron chi connectivity index (χ1n) is 5.21. The molecule has 0 spiro atoms. The minimum Gasteiger partial charge on any atom is -0.487 e. The third-order valence-electron chi connectivity index (χ3n) is 2.58. The van der Waals surface area contributed by atoms with Crippen LogP contribution in [0.4, 0.5) is 5.69 Å². The largest absolute Gasteiger partial charge is 0.487 e. The van der Waals surface area contributed by atoms with Gasteiger partial charge in [0.15, 0.2) is 0 Å². The standard InChI is InChI=1S/C12H17NO/c1-8(2)10-4-5-12-11(6-10)13-7-9(3)14-12/h4-6,8-9,13H,7H2,1-3H3. The molecule has 14 heavy (non-hydrogen) atoms. The van der Waals surface area contributed by atoms with Crippen LogP contribution < -0.4 is 10.1 Å². The molecule has 1 aliphatic heterocycles. The van der Waals surface area contributed by atoms with Crippen molar-refractivity contribution in [2.24, 2.45) is 0 Å². The van der Waals surface area contributed by atoms with Gasteiger partial charge in [-0.2, -0.15) is 0 Å². The third-order valence-corrected chi connectivity index (χ3v) is 2.58. The van der Waals surface area contributed by atoms with E-state index < -0.39 is 0 Å². The van der Waals surface area contributed by atoms with Gasteiger partial charge in [-0.25, -0.2) is 0 Å². The van der Waals surface area contributed by atoms with Gasteiger partial charge in [0.25, 0.3) is 0 Å².